The number of unbranched alkanes of at least 4 members (excludes halogenated alkanes) is 7. The third kappa shape index (κ3) is 8.90. The van der Waals surface area contributed by atoms with Crippen molar-refractivity contribution in [3.8, 4) is 16.9 Å². The third-order valence-electron chi connectivity index (χ3n) is 4.68. The predicted molar refractivity (Wildman–Crippen MR) is 115 cm³/mol. The molecular weight excluding hydrogens is 348 g/mol. The lowest BCUT2D eigenvalue weighted by molar-refractivity contribution is -0.137. The number of ether oxygens (including phenoxy) is 2. The molecule has 3 nitrogen and oxygen atoms in total. The van der Waals surface area contributed by atoms with Crippen molar-refractivity contribution < 1.29 is 14.3 Å². The van der Waals surface area contributed by atoms with E-state index < -0.39 is 0 Å². The Morgan fingerprint density at radius 1 is 0.714 bits per heavy atom. The maximum absolute atomic E-state index is 10.9. The summed E-state index contributed by atoms with van der Waals surface area (Å²) in [5.74, 6) is 0.617. The second-order valence-electron chi connectivity index (χ2n) is 6.94. The van der Waals surface area contributed by atoms with Crippen molar-refractivity contribution in [2.75, 3.05) is 13.2 Å². The Balaban J connectivity index is 1.44. The average molecular weight is 381 g/mol. The second-order valence-corrected chi connectivity index (χ2v) is 6.94. The lowest BCUT2D eigenvalue weighted by Gasteiger charge is -2.08. The van der Waals surface area contributed by atoms with E-state index in [1.165, 1.54) is 49.3 Å². The minimum atomic E-state index is -0.325. The summed E-state index contributed by atoms with van der Waals surface area (Å²) in [5, 5.41) is 0. The van der Waals surface area contributed by atoms with Gasteiger partial charge in [0.2, 0.25) is 0 Å². The Bertz CT molecular complexity index is 677. The molecule has 0 aliphatic rings. The first-order valence-electron chi connectivity index (χ1n) is 10.4. The van der Waals surface area contributed by atoms with Crippen molar-refractivity contribution in [3.05, 3.63) is 67.3 Å². The van der Waals surface area contributed by atoms with Crippen LogP contribution in [0.3, 0.4) is 0 Å². The molecule has 2 aromatic rings. The van der Waals surface area contributed by atoms with E-state index in [0.29, 0.717) is 6.61 Å². The summed E-state index contributed by atoms with van der Waals surface area (Å²) in [5.41, 5.74) is 2.44. The van der Waals surface area contributed by atoms with Gasteiger partial charge in [0.1, 0.15) is 5.75 Å². The minimum Gasteiger partial charge on any atom is -0.494 e. The van der Waals surface area contributed by atoms with E-state index in [9.17, 15) is 4.79 Å². The monoisotopic (exact) mass is 380 g/mol. The molecule has 0 fully saturated rings. The van der Waals surface area contributed by atoms with Gasteiger partial charge in [0.15, 0.2) is 0 Å². The largest absolute Gasteiger partial charge is 0.494 e. The lowest BCUT2D eigenvalue weighted by Crippen LogP contribution is -2.01. The van der Waals surface area contributed by atoms with Crippen LogP contribution in [0.25, 0.3) is 11.1 Å². The number of hydrogen-bond donors (Lipinski definition) is 0. The lowest BCUT2D eigenvalue weighted by atomic mass is 10.1. The van der Waals surface area contributed by atoms with Crippen LogP contribution in [0.1, 0.15) is 51.4 Å². The van der Waals surface area contributed by atoms with E-state index in [4.69, 9.17) is 9.47 Å². The van der Waals surface area contributed by atoms with Crippen molar-refractivity contribution in [3.63, 3.8) is 0 Å². The SMILES string of the molecule is C=CC(=O)OCCCCCCCCCCOc1ccc(-c2ccccc2)cc1. The number of rotatable bonds is 14. The zero-order chi connectivity index (χ0) is 19.9. The van der Waals surface area contributed by atoms with E-state index in [0.717, 1.165) is 31.6 Å². The van der Waals surface area contributed by atoms with Crippen LogP contribution in [0, 0.1) is 0 Å². The summed E-state index contributed by atoms with van der Waals surface area (Å²) in [6.07, 6.45) is 10.5. The highest BCUT2D eigenvalue weighted by Crippen LogP contribution is 2.22. The average Bonchev–Trinajstić information content (AvgIpc) is 2.75. The van der Waals surface area contributed by atoms with Crippen LogP contribution in [0.4, 0.5) is 0 Å². The Morgan fingerprint density at radius 2 is 1.25 bits per heavy atom. The summed E-state index contributed by atoms with van der Waals surface area (Å²) in [6, 6.07) is 18.7. The molecule has 0 amide bonds. The normalized spacial score (nSPS) is 10.4. The molecule has 3 heteroatoms. The molecule has 2 aromatic carbocycles. The Hall–Kier alpha value is -2.55. The van der Waals surface area contributed by atoms with Gasteiger partial charge in [-0.05, 0) is 36.1 Å². The fraction of sp³-hybridized carbons (Fsp3) is 0.400. The maximum atomic E-state index is 10.9. The van der Waals surface area contributed by atoms with E-state index in [1.54, 1.807) is 0 Å². The third-order valence-corrected chi connectivity index (χ3v) is 4.68. The van der Waals surface area contributed by atoms with Gasteiger partial charge in [-0.25, -0.2) is 4.79 Å². The minimum absolute atomic E-state index is 0.325. The van der Waals surface area contributed by atoms with Crippen molar-refractivity contribution in [1.29, 1.82) is 0 Å². The zero-order valence-corrected chi connectivity index (χ0v) is 16.8. The molecule has 0 spiro atoms. The highest BCUT2D eigenvalue weighted by molar-refractivity contribution is 5.81. The van der Waals surface area contributed by atoms with Crippen LogP contribution in [0.2, 0.25) is 0 Å². The van der Waals surface area contributed by atoms with Gasteiger partial charge >= 0.3 is 5.97 Å². The topological polar surface area (TPSA) is 35.5 Å². The van der Waals surface area contributed by atoms with E-state index in [1.807, 2.05) is 6.07 Å². The Kier molecular flexibility index (Phi) is 10.6. The van der Waals surface area contributed by atoms with Gasteiger partial charge in [-0.2, -0.15) is 0 Å². The molecule has 150 valence electrons. The van der Waals surface area contributed by atoms with Crippen molar-refractivity contribution in [2.24, 2.45) is 0 Å². The maximum Gasteiger partial charge on any atom is 0.330 e. The van der Waals surface area contributed by atoms with Gasteiger partial charge in [0.05, 0.1) is 13.2 Å². The van der Waals surface area contributed by atoms with Gasteiger partial charge < -0.3 is 9.47 Å². The molecule has 0 bridgehead atoms. The number of hydrogen-bond acceptors (Lipinski definition) is 3. The summed E-state index contributed by atoms with van der Waals surface area (Å²) < 4.78 is 10.8. The number of benzene rings is 2. The zero-order valence-electron chi connectivity index (χ0n) is 16.8. The molecule has 2 rings (SSSR count). The van der Waals surface area contributed by atoms with Crippen molar-refractivity contribution in [1.82, 2.24) is 0 Å². The molecular formula is C25H32O3. The molecule has 0 unspecified atom stereocenters. The Morgan fingerprint density at radius 3 is 1.86 bits per heavy atom. The quantitative estimate of drug-likeness (QED) is 0.211. The van der Waals surface area contributed by atoms with E-state index >= 15 is 0 Å². The first-order chi connectivity index (χ1) is 13.8. The molecule has 0 atom stereocenters. The summed E-state index contributed by atoms with van der Waals surface area (Å²) >= 11 is 0. The predicted octanol–water partition coefficient (Wildman–Crippen LogP) is 6.58. The van der Waals surface area contributed by atoms with Gasteiger partial charge in [0.25, 0.3) is 0 Å². The van der Waals surface area contributed by atoms with E-state index in [2.05, 4.69) is 55.1 Å². The van der Waals surface area contributed by atoms with Crippen LogP contribution in [0.5, 0.6) is 5.75 Å². The van der Waals surface area contributed by atoms with Crippen LogP contribution >= 0.6 is 0 Å². The van der Waals surface area contributed by atoms with Crippen LogP contribution in [0.15, 0.2) is 67.3 Å². The summed E-state index contributed by atoms with van der Waals surface area (Å²) in [6.45, 7) is 4.66. The van der Waals surface area contributed by atoms with Crippen LogP contribution in [-0.4, -0.2) is 19.2 Å². The molecule has 0 aliphatic heterocycles. The molecule has 0 radical (unpaired) electrons. The highest BCUT2D eigenvalue weighted by atomic mass is 16.5. The van der Waals surface area contributed by atoms with Gasteiger partial charge in [-0.1, -0.05) is 87.6 Å². The fourth-order valence-electron chi connectivity index (χ4n) is 3.06. The molecule has 0 heterocycles. The Labute approximate surface area is 169 Å². The van der Waals surface area contributed by atoms with Gasteiger partial charge in [-0.15, -0.1) is 0 Å². The molecule has 0 N–H and O–H groups in total. The molecule has 0 aliphatic carbocycles. The second kappa shape index (κ2) is 13.6. The number of esters is 1. The smallest absolute Gasteiger partial charge is 0.330 e. The number of carbonyl (C=O) groups is 1. The van der Waals surface area contributed by atoms with Crippen LogP contribution < -0.4 is 4.74 Å². The molecule has 0 saturated carbocycles. The number of carbonyl (C=O) groups excluding carboxylic acids is 1. The molecule has 0 saturated heterocycles. The first-order valence-corrected chi connectivity index (χ1v) is 10.4. The van der Waals surface area contributed by atoms with Gasteiger partial charge in [-0.3, -0.25) is 0 Å². The van der Waals surface area contributed by atoms with Crippen molar-refractivity contribution >= 4 is 5.97 Å². The fourth-order valence-corrected chi connectivity index (χ4v) is 3.06. The molecule has 28 heavy (non-hydrogen) atoms. The first kappa shape index (κ1) is 21.7. The van der Waals surface area contributed by atoms with Crippen LogP contribution in [-0.2, 0) is 9.53 Å². The highest BCUT2D eigenvalue weighted by Gasteiger charge is 1.99. The standard InChI is InChI=1S/C25H32O3/c1-2-25(26)28-21-13-8-6-4-3-5-7-12-20-27-24-18-16-23(17-19-24)22-14-10-9-11-15-22/h2,9-11,14-19H,1,3-8,12-13,20-21H2. The van der Waals surface area contributed by atoms with Crippen molar-refractivity contribution in [2.45, 2.75) is 51.4 Å². The summed E-state index contributed by atoms with van der Waals surface area (Å²) in [4.78, 5) is 10.9. The van der Waals surface area contributed by atoms with Gasteiger partial charge in [0, 0.05) is 6.08 Å². The summed E-state index contributed by atoms with van der Waals surface area (Å²) in [7, 11) is 0. The molecule has 0 aromatic heterocycles. The van der Waals surface area contributed by atoms with E-state index in [-0.39, 0.29) is 5.97 Å².